The van der Waals surface area contributed by atoms with Gasteiger partial charge in [-0.1, -0.05) is 25.0 Å². The molecule has 2 N–H and O–H groups in total. The Hall–Kier alpha value is -1.00. The number of nitrogens with zero attached hydrogens (tertiary/aromatic N) is 3. The van der Waals surface area contributed by atoms with Crippen molar-refractivity contribution < 1.29 is 18.3 Å². The van der Waals surface area contributed by atoms with Gasteiger partial charge in [0, 0.05) is 7.05 Å². The van der Waals surface area contributed by atoms with Crippen LogP contribution in [0.5, 0.6) is 0 Å². The average Bonchev–Trinajstić information content (AvgIpc) is 2.72. The fraction of sp³-hybridized carbons (Fsp3) is 0.727. The predicted octanol–water partition coefficient (Wildman–Crippen LogP) is 0.889. The zero-order valence-electron chi connectivity index (χ0n) is 11.7. The van der Waals surface area contributed by atoms with Gasteiger partial charge in [0.2, 0.25) is 5.03 Å². The van der Waals surface area contributed by atoms with Crippen LogP contribution in [0.4, 0.5) is 0 Å². The number of carbonyl (C=O) groups is 1. The minimum Gasteiger partial charge on any atom is -0.480 e. The lowest BCUT2D eigenvalue weighted by Crippen LogP contribution is -2.60. The van der Waals surface area contributed by atoms with Crippen LogP contribution in [0, 0.1) is 5.92 Å². The van der Waals surface area contributed by atoms with Crippen LogP contribution in [0.1, 0.15) is 32.6 Å². The van der Waals surface area contributed by atoms with Crippen molar-refractivity contribution in [3.63, 3.8) is 0 Å². The van der Waals surface area contributed by atoms with Gasteiger partial charge in [0.1, 0.15) is 5.54 Å². The predicted molar refractivity (Wildman–Crippen MR) is 77.0 cm³/mol. The van der Waals surface area contributed by atoms with Gasteiger partial charge in [-0.3, -0.25) is 4.79 Å². The molecule has 0 amide bonds. The highest BCUT2D eigenvalue weighted by Crippen LogP contribution is 2.35. The first-order chi connectivity index (χ1) is 9.70. The molecule has 0 aromatic carbocycles. The van der Waals surface area contributed by atoms with Crippen LogP contribution in [0.15, 0.2) is 9.63 Å². The second-order valence-electron chi connectivity index (χ2n) is 5.34. The molecule has 1 aliphatic rings. The Bertz CT molecular complexity index is 640. The number of aromatic nitrogens is 3. The Balaban J connectivity index is 2.44. The fourth-order valence-electron chi connectivity index (χ4n) is 2.76. The smallest absolute Gasteiger partial charge is 0.325 e. The van der Waals surface area contributed by atoms with Gasteiger partial charge >= 0.3 is 5.97 Å². The van der Waals surface area contributed by atoms with Crippen LogP contribution in [-0.4, -0.2) is 40.0 Å². The van der Waals surface area contributed by atoms with E-state index in [1.54, 1.807) is 6.92 Å². The minimum atomic E-state index is -4.05. The maximum absolute atomic E-state index is 12.6. The highest BCUT2D eigenvalue weighted by molar-refractivity contribution is 9.10. The third-order valence-corrected chi connectivity index (χ3v) is 6.39. The number of carboxylic acids is 1. The van der Waals surface area contributed by atoms with Gasteiger partial charge in [0.15, 0.2) is 4.60 Å². The van der Waals surface area contributed by atoms with E-state index in [1.807, 2.05) is 0 Å². The maximum atomic E-state index is 12.6. The van der Waals surface area contributed by atoms with Crippen molar-refractivity contribution in [2.45, 2.75) is 43.2 Å². The van der Waals surface area contributed by atoms with Crippen LogP contribution in [0.3, 0.4) is 0 Å². The highest BCUT2D eigenvalue weighted by Gasteiger charge is 2.49. The quantitative estimate of drug-likeness (QED) is 0.801. The third-order valence-electron chi connectivity index (χ3n) is 3.99. The summed E-state index contributed by atoms with van der Waals surface area (Å²) in [7, 11) is -2.62. The molecule has 2 unspecified atom stereocenters. The zero-order valence-corrected chi connectivity index (χ0v) is 14.1. The summed E-state index contributed by atoms with van der Waals surface area (Å²) < 4.78 is 28.6. The van der Waals surface area contributed by atoms with Gasteiger partial charge in [-0.25, -0.2) is 13.1 Å². The lowest BCUT2D eigenvalue weighted by Gasteiger charge is -2.39. The molecule has 1 aliphatic carbocycles. The molecule has 1 aromatic heterocycles. The summed E-state index contributed by atoms with van der Waals surface area (Å²) in [6.45, 7) is 1.76. The summed E-state index contributed by atoms with van der Waals surface area (Å²) >= 11 is 3.03. The summed E-state index contributed by atoms with van der Waals surface area (Å²) in [6, 6.07) is 0. The van der Waals surface area contributed by atoms with E-state index < -0.39 is 21.5 Å². The molecule has 0 saturated heterocycles. The lowest BCUT2D eigenvalue weighted by atomic mass is 9.74. The molecule has 2 atom stereocenters. The number of nitrogens with one attached hydrogen (secondary N) is 1. The van der Waals surface area contributed by atoms with E-state index in [9.17, 15) is 18.3 Å². The number of carboxylic acid groups (broad SMARTS) is 1. The summed E-state index contributed by atoms with van der Waals surface area (Å²) in [5.41, 5.74) is -1.49. The molecule has 1 fully saturated rings. The van der Waals surface area contributed by atoms with Gasteiger partial charge in [0.05, 0.1) is 0 Å². The van der Waals surface area contributed by atoms with E-state index in [4.69, 9.17) is 0 Å². The first-order valence-electron chi connectivity index (χ1n) is 6.53. The van der Waals surface area contributed by atoms with Crippen LogP contribution in [-0.2, 0) is 21.9 Å². The molecule has 8 nitrogen and oxygen atoms in total. The second-order valence-corrected chi connectivity index (χ2v) is 7.69. The van der Waals surface area contributed by atoms with Crippen LogP contribution >= 0.6 is 15.9 Å². The first kappa shape index (κ1) is 16.4. The maximum Gasteiger partial charge on any atom is 0.325 e. The number of rotatable bonds is 4. The Morgan fingerprint density at radius 3 is 2.67 bits per heavy atom. The topological polar surface area (TPSA) is 114 Å². The number of hydrogen-bond acceptors (Lipinski definition) is 5. The molecule has 0 spiro atoms. The molecular weight excluding hydrogens is 364 g/mol. The third kappa shape index (κ3) is 2.84. The van der Waals surface area contributed by atoms with E-state index >= 15 is 0 Å². The molecular formula is C11H17BrN4O4S. The van der Waals surface area contributed by atoms with Gasteiger partial charge in [-0.15, -0.1) is 5.10 Å². The molecule has 1 heterocycles. The van der Waals surface area contributed by atoms with E-state index in [0.29, 0.717) is 12.8 Å². The summed E-state index contributed by atoms with van der Waals surface area (Å²) in [4.78, 5) is 11.7. The Morgan fingerprint density at radius 2 is 2.19 bits per heavy atom. The number of aryl methyl sites for hydroxylation is 1. The monoisotopic (exact) mass is 380 g/mol. The number of halogens is 1. The Morgan fingerprint density at radius 1 is 1.52 bits per heavy atom. The van der Waals surface area contributed by atoms with E-state index in [1.165, 1.54) is 7.05 Å². The Kier molecular flexibility index (Phi) is 4.41. The molecule has 118 valence electrons. The zero-order chi connectivity index (χ0) is 15.8. The molecule has 2 rings (SSSR count). The highest BCUT2D eigenvalue weighted by atomic mass is 79.9. The normalized spacial score (nSPS) is 26.7. The second kappa shape index (κ2) is 5.65. The molecule has 1 saturated carbocycles. The minimum absolute atomic E-state index is 0.0569. The van der Waals surface area contributed by atoms with Crippen LogP contribution in [0.25, 0.3) is 0 Å². The molecule has 10 heteroatoms. The van der Waals surface area contributed by atoms with Crippen molar-refractivity contribution >= 4 is 31.9 Å². The van der Waals surface area contributed by atoms with Gasteiger partial charge in [0.25, 0.3) is 10.0 Å². The molecule has 0 radical (unpaired) electrons. The number of sulfonamides is 1. The molecule has 21 heavy (non-hydrogen) atoms. The lowest BCUT2D eigenvalue weighted by molar-refractivity contribution is -0.147. The van der Waals surface area contributed by atoms with Gasteiger partial charge in [-0.05, 0) is 34.7 Å². The number of aliphatic carboxylic acids is 1. The van der Waals surface area contributed by atoms with Gasteiger partial charge < -0.3 is 5.11 Å². The van der Waals surface area contributed by atoms with Crippen molar-refractivity contribution in [3.8, 4) is 0 Å². The van der Waals surface area contributed by atoms with Crippen molar-refractivity contribution in [2.24, 2.45) is 13.0 Å². The van der Waals surface area contributed by atoms with Crippen molar-refractivity contribution in [1.29, 1.82) is 0 Å². The largest absolute Gasteiger partial charge is 0.480 e. The van der Waals surface area contributed by atoms with Crippen molar-refractivity contribution in [3.05, 3.63) is 4.60 Å². The summed E-state index contributed by atoms with van der Waals surface area (Å²) in [5.74, 6) is -1.44. The number of hydrogen-bond donors (Lipinski definition) is 2. The van der Waals surface area contributed by atoms with Gasteiger partial charge in [-0.2, -0.15) is 4.72 Å². The molecule has 0 bridgehead atoms. The summed E-state index contributed by atoms with van der Waals surface area (Å²) in [5, 5.41) is 16.6. The standard InChI is InChI=1S/C11H17BrN4O4S/c1-7-5-3-4-6-11(7,10(17)18)14-21(19,20)9-8(12)13-15-16(9)2/h7,14H,3-6H2,1-2H3,(H,17,18). The molecule has 0 aliphatic heterocycles. The van der Waals surface area contributed by atoms with E-state index in [-0.39, 0.29) is 22.0 Å². The van der Waals surface area contributed by atoms with E-state index in [2.05, 4.69) is 31.0 Å². The van der Waals surface area contributed by atoms with Crippen LogP contribution < -0.4 is 4.72 Å². The summed E-state index contributed by atoms with van der Waals surface area (Å²) in [6.07, 6.45) is 2.50. The first-order valence-corrected chi connectivity index (χ1v) is 8.81. The van der Waals surface area contributed by atoms with Crippen LogP contribution in [0.2, 0.25) is 0 Å². The SMILES string of the molecule is CC1CCCCC1(NS(=O)(=O)c1c(Br)nnn1C)C(=O)O. The van der Waals surface area contributed by atoms with E-state index in [0.717, 1.165) is 11.1 Å². The van der Waals surface area contributed by atoms with Crippen molar-refractivity contribution in [1.82, 2.24) is 19.7 Å². The average molecular weight is 381 g/mol. The fourth-order valence-corrected chi connectivity index (χ4v) is 5.34. The molecule has 1 aromatic rings. The van der Waals surface area contributed by atoms with Crippen molar-refractivity contribution in [2.75, 3.05) is 0 Å². The Labute approximate surface area is 131 Å².